The molecule has 1 aromatic heterocycles. The summed E-state index contributed by atoms with van der Waals surface area (Å²) in [5.74, 6) is -0.452. The van der Waals surface area contributed by atoms with Gasteiger partial charge >= 0.3 is 5.97 Å². The number of benzene rings is 2. The van der Waals surface area contributed by atoms with Crippen molar-refractivity contribution in [1.29, 1.82) is 0 Å². The molecule has 1 unspecified atom stereocenters. The number of aliphatic hydroxyl groups is 1. The van der Waals surface area contributed by atoms with Crippen molar-refractivity contribution in [2.24, 2.45) is 0 Å². The van der Waals surface area contributed by atoms with Crippen LogP contribution >= 0.6 is 11.6 Å². The molecule has 0 radical (unpaired) electrons. The van der Waals surface area contributed by atoms with E-state index in [1.165, 1.54) is 24.5 Å². The van der Waals surface area contributed by atoms with E-state index >= 15 is 0 Å². The lowest BCUT2D eigenvalue weighted by atomic mass is 9.96. The lowest BCUT2D eigenvalue weighted by molar-refractivity contribution is -0.156. The molecule has 0 spiro atoms. The first-order chi connectivity index (χ1) is 20.4. The molecule has 0 saturated heterocycles. The van der Waals surface area contributed by atoms with Crippen molar-refractivity contribution >= 4 is 51.6 Å². The summed E-state index contributed by atoms with van der Waals surface area (Å²) in [6.07, 6.45) is 6.67. The van der Waals surface area contributed by atoms with Crippen molar-refractivity contribution in [3.05, 3.63) is 59.7 Å². The van der Waals surface area contributed by atoms with Crippen LogP contribution in [0.3, 0.4) is 0 Å². The van der Waals surface area contributed by atoms with Gasteiger partial charge in [-0.1, -0.05) is 17.7 Å². The maximum absolute atomic E-state index is 13.7. The van der Waals surface area contributed by atoms with E-state index in [1.54, 1.807) is 56.9 Å². The van der Waals surface area contributed by atoms with Crippen LogP contribution in [0, 0.1) is 5.82 Å². The summed E-state index contributed by atoms with van der Waals surface area (Å²) in [6, 6.07) is 7.73. The molecule has 1 heterocycles. The first-order valence-electron chi connectivity index (χ1n) is 14.1. The molecule has 43 heavy (non-hydrogen) atoms. The molecular formula is C31H37ClFN5O5. The molecule has 10 nitrogen and oxygen atoms in total. The molecule has 1 atom stereocenters. The van der Waals surface area contributed by atoms with Crippen molar-refractivity contribution in [3.63, 3.8) is 0 Å². The summed E-state index contributed by atoms with van der Waals surface area (Å²) in [4.78, 5) is 35.8. The average Bonchev–Trinajstić information content (AvgIpc) is 2.87. The SMILES string of the molecule is CC(O)CN(CC=CC(=O)Nc1cc2c(Nc3ccc(F)c(Cl)c3)ncnc2cc1OC1CCC1)CC(=O)OC(C)(C)C. The van der Waals surface area contributed by atoms with Gasteiger partial charge in [0, 0.05) is 36.3 Å². The van der Waals surface area contributed by atoms with Crippen LogP contribution in [0.5, 0.6) is 5.75 Å². The minimum atomic E-state index is -0.676. The number of nitrogens with zero attached hydrogens (tertiary/aromatic N) is 3. The first-order valence-corrected chi connectivity index (χ1v) is 14.5. The zero-order valence-electron chi connectivity index (χ0n) is 24.7. The summed E-state index contributed by atoms with van der Waals surface area (Å²) in [5, 5.41) is 16.5. The van der Waals surface area contributed by atoms with E-state index < -0.39 is 29.4 Å². The second-order valence-corrected chi connectivity index (χ2v) is 11.9. The molecule has 230 valence electrons. The lowest BCUT2D eigenvalue weighted by Crippen LogP contribution is -2.38. The maximum Gasteiger partial charge on any atom is 0.320 e. The predicted molar refractivity (Wildman–Crippen MR) is 164 cm³/mol. The van der Waals surface area contributed by atoms with Gasteiger partial charge in [-0.2, -0.15) is 0 Å². The summed E-state index contributed by atoms with van der Waals surface area (Å²) in [6.45, 7) is 7.41. The number of hydrogen-bond acceptors (Lipinski definition) is 9. The Labute approximate surface area is 255 Å². The van der Waals surface area contributed by atoms with Crippen LogP contribution in [0.25, 0.3) is 10.9 Å². The van der Waals surface area contributed by atoms with Crippen molar-refractivity contribution in [2.45, 2.75) is 64.8 Å². The maximum atomic E-state index is 13.7. The number of amides is 1. The number of esters is 1. The van der Waals surface area contributed by atoms with Crippen LogP contribution in [-0.4, -0.2) is 69.3 Å². The Morgan fingerprint density at radius 1 is 1.23 bits per heavy atom. The van der Waals surface area contributed by atoms with Gasteiger partial charge in [-0.15, -0.1) is 0 Å². The number of aliphatic hydroxyl groups excluding tert-OH is 1. The van der Waals surface area contributed by atoms with Gasteiger partial charge < -0.3 is 25.2 Å². The van der Waals surface area contributed by atoms with Crippen molar-refractivity contribution in [2.75, 3.05) is 30.3 Å². The van der Waals surface area contributed by atoms with E-state index in [4.69, 9.17) is 21.1 Å². The molecule has 3 N–H and O–H groups in total. The standard InChI is InChI=1S/C31H37ClFN5O5/c1-19(39)16-38(17-29(41)43-31(2,3)4)12-6-9-28(40)37-26-14-22-25(15-27(26)42-21-7-5-8-21)34-18-35-30(22)36-20-10-11-24(33)23(32)13-20/h6,9-11,13-15,18-19,21,39H,5,7-8,12,16-17H2,1-4H3,(H,37,40)(H,34,35,36). The Balaban J connectivity index is 1.53. The number of rotatable bonds is 12. The number of carbonyl (C=O) groups excluding carboxylic acids is 2. The van der Waals surface area contributed by atoms with Crippen LogP contribution in [0.4, 0.5) is 21.6 Å². The highest BCUT2D eigenvalue weighted by molar-refractivity contribution is 6.31. The second-order valence-electron chi connectivity index (χ2n) is 11.5. The fourth-order valence-corrected chi connectivity index (χ4v) is 4.55. The summed E-state index contributed by atoms with van der Waals surface area (Å²) < 4.78 is 25.2. The zero-order valence-corrected chi connectivity index (χ0v) is 25.4. The Hall–Kier alpha value is -3.80. The second kappa shape index (κ2) is 14.1. The van der Waals surface area contributed by atoms with Crippen LogP contribution in [0.2, 0.25) is 5.02 Å². The smallest absolute Gasteiger partial charge is 0.320 e. The molecule has 1 saturated carbocycles. The Morgan fingerprint density at radius 3 is 2.65 bits per heavy atom. The van der Waals surface area contributed by atoms with Gasteiger partial charge in [0.15, 0.2) is 0 Å². The highest BCUT2D eigenvalue weighted by Crippen LogP contribution is 2.36. The summed E-state index contributed by atoms with van der Waals surface area (Å²) in [5.41, 5.74) is 0.917. The van der Waals surface area contributed by atoms with Gasteiger partial charge in [-0.3, -0.25) is 14.5 Å². The minimum absolute atomic E-state index is 0.0302. The summed E-state index contributed by atoms with van der Waals surface area (Å²) in [7, 11) is 0. The molecule has 3 aromatic rings. The van der Waals surface area contributed by atoms with E-state index in [1.807, 2.05) is 0 Å². The first kappa shape index (κ1) is 32.1. The number of nitrogens with one attached hydrogen (secondary N) is 2. The van der Waals surface area contributed by atoms with Crippen LogP contribution < -0.4 is 15.4 Å². The average molecular weight is 614 g/mol. The number of aromatic nitrogens is 2. The van der Waals surface area contributed by atoms with E-state index in [-0.39, 0.29) is 30.8 Å². The number of anilines is 3. The van der Waals surface area contributed by atoms with Crippen molar-refractivity contribution in [1.82, 2.24) is 14.9 Å². The number of ether oxygens (including phenoxy) is 2. The van der Waals surface area contributed by atoms with E-state index in [9.17, 15) is 19.1 Å². The molecule has 4 rings (SSSR count). The number of hydrogen-bond donors (Lipinski definition) is 3. The Kier molecular flexibility index (Phi) is 10.5. The third-order valence-corrected chi connectivity index (χ3v) is 6.74. The molecule has 1 amide bonds. The number of fused-ring (bicyclic) bond motifs is 1. The lowest BCUT2D eigenvalue weighted by Gasteiger charge is -2.27. The van der Waals surface area contributed by atoms with Crippen molar-refractivity contribution in [3.8, 4) is 5.75 Å². The van der Waals surface area contributed by atoms with Gasteiger partial charge in [0.25, 0.3) is 0 Å². The Bertz CT molecular complexity index is 1490. The highest BCUT2D eigenvalue weighted by atomic mass is 35.5. The fourth-order valence-electron chi connectivity index (χ4n) is 4.37. The van der Waals surface area contributed by atoms with Crippen LogP contribution in [-0.2, 0) is 14.3 Å². The van der Waals surface area contributed by atoms with Gasteiger partial charge in [0.1, 0.15) is 29.3 Å². The largest absolute Gasteiger partial charge is 0.488 e. The topological polar surface area (TPSA) is 126 Å². The van der Waals surface area contributed by atoms with Gasteiger partial charge in [-0.05, 0) is 71.2 Å². The molecule has 1 aliphatic rings. The van der Waals surface area contributed by atoms with E-state index in [0.717, 1.165) is 19.3 Å². The Morgan fingerprint density at radius 2 is 2.00 bits per heavy atom. The fraction of sp³-hybridized carbons (Fsp3) is 0.419. The van der Waals surface area contributed by atoms with Crippen LogP contribution in [0.15, 0.2) is 48.8 Å². The molecule has 12 heteroatoms. The third-order valence-electron chi connectivity index (χ3n) is 6.45. The van der Waals surface area contributed by atoms with Gasteiger partial charge in [0.2, 0.25) is 5.91 Å². The highest BCUT2D eigenvalue weighted by Gasteiger charge is 2.23. The van der Waals surface area contributed by atoms with Gasteiger partial charge in [-0.25, -0.2) is 14.4 Å². The van der Waals surface area contributed by atoms with Crippen molar-refractivity contribution < 1.29 is 28.6 Å². The molecule has 1 aliphatic carbocycles. The quantitative estimate of drug-likeness (QED) is 0.176. The number of carbonyl (C=O) groups is 2. The van der Waals surface area contributed by atoms with E-state index in [0.29, 0.717) is 33.8 Å². The third kappa shape index (κ3) is 9.60. The predicted octanol–water partition coefficient (Wildman–Crippen LogP) is 5.62. The van der Waals surface area contributed by atoms with Gasteiger partial charge in [0.05, 0.1) is 35.0 Å². The zero-order chi connectivity index (χ0) is 31.1. The molecule has 0 bridgehead atoms. The van der Waals surface area contributed by atoms with E-state index in [2.05, 4.69) is 20.6 Å². The normalized spacial score (nSPS) is 14.5. The molecular weight excluding hydrogens is 577 g/mol. The molecule has 2 aromatic carbocycles. The van der Waals surface area contributed by atoms with Crippen LogP contribution in [0.1, 0.15) is 47.0 Å². The minimum Gasteiger partial charge on any atom is -0.488 e. The monoisotopic (exact) mass is 613 g/mol. The number of halogens is 2. The summed E-state index contributed by atoms with van der Waals surface area (Å²) >= 11 is 5.95. The molecule has 1 fully saturated rings. The molecule has 0 aliphatic heterocycles.